The van der Waals surface area contributed by atoms with Crippen molar-refractivity contribution < 1.29 is 34.0 Å². The number of aliphatic imine (C=N–C) groups is 1. The molecule has 1 aliphatic heterocycles. The number of methoxy groups -OCH3 is 1. The van der Waals surface area contributed by atoms with Crippen LogP contribution in [0.1, 0.15) is 5.56 Å². The van der Waals surface area contributed by atoms with E-state index in [1.807, 2.05) is 0 Å². The van der Waals surface area contributed by atoms with Crippen LogP contribution >= 0.6 is 11.8 Å². The van der Waals surface area contributed by atoms with Gasteiger partial charge in [0.05, 0.1) is 38.6 Å². The number of aromatic hydroxyl groups is 1. The number of thioether (sulfide) groups is 1. The second kappa shape index (κ2) is 11.0. The largest absolute Gasteiger partial charge is 0.507 e. The zero-order valence-electron chi connectivity index (χ0n) is 14.6. The van der Waals surface area contributed by atoms with Gasteiger partial charge in [0.2, 0.25) is 0 Å². The maximum atomic E-state index is 11.0. The Morgan fingerprint density at radius 2 is 1.88 bits per heavy atom. The highest BCUT2D eigenvalue weighted by molar-refractivity contribution is 8.14. The minimum Gasteiger partial charge on any atom is -0.507 e. The van der Waals surface area contributed by atoms with Gasteiger partial charge in [-0.2, -0.15) is 0 Å². The number of aliphatic carboxylic acids is 1. The molecule has 0 aromatic heterocycles. The summed E-state index contributed by atoms with van der Waals surface area (Å²) in [5, 5.41) is 19.5. The van der Waals surface area contributed by atoms with Crippen LogP contribution in [0.25, 0.3) is 0 Å². The third-order valence-corrected chi connectivity index (χ3v) is 4.52. The van der Waals surface area contributed by atoms with Gasteiger partial charge in [0.15, 0.2) is 6.04 Å². The van der Waals surface area contributed by atoms with Gasteiger partial charge in [-0.3, -0.25) is 4.99 Å². The predicted molar refractivity (Wildman–Crippen MR) is 97.5 cm³/mol. The lowest BCUT2D eigenvalue weighted by atomic mass is 10.2. The minimum absolute atomic E-state index is 0.0408. The van der Waals surface area contributed by atoms with Crippen LogP contribution in [0.5, 0.6) is 11.5 Å². The normalized spacial score (nSPS) is 16.5. The lowest BCUT2D eigenvalue weighted by molar-refractivity contribution is -0.137. The average Bonchev–Trinajstić information content (AvgIpc) is 3.12. The molecular weight excluding hydrogens is 362 g/mol. The van der Waals surface area contributed by atoms with Crippen LogP contribution in [0.2, 0.25) is 0 Å². The summed E-state index contributed by atoms with van der Waals surface area (Å²) in [5.41, 5.74) is 0.476. The SMILES string of the molecule is COCCOCCOCCOc1ccc(O)c(C2=NC(C(=O)O)CS2)c1. The molecule has 0 amide bonds. The van der Waals surface area contributed by atoms with Crippen molar-refractivity contribution >= 4 is 22.8 Å². The fraction of sp³-hybridized carbons (Fsp3) is 0.529. The molecule has 0 radical (unpaired) electrons. The monoisotopic (exact) mass is 385 g/mol. The molecule has 0 fully saturated rings. The first kappa shape index (κ1) is 20.5. The maximum Gasteiger partial charge on any atom is 0.329 e. The molecule has 1 aliphatic rings. The zero-order chi connectivity index (χ0) is 18.8. The number of rotatable bonds is 12. The number of phenolic OH excluding ortho intramolecular Hbond substituents is 1. The summed E-state index contributed by atoms with van der Waals surface area (Å²) in [7, 11) is 1.62. The molecule has 1 atom stereocenters. The number of ether oxygens (including phenoxy) is 4. The molecule has 26 heavy (non-hydrogen) atoms. The Morgan fingerprint density at radius 3 is 2.54 bits per heavy atom. The van der Waals surface area contributed by atoms with Crippen molar-refractivity contribution in [1.29, 1.82) is 0 Å². The summed E-state index contributed by atoms with van der Waals surface area (Å²) in [6.45, 7) is 2.81. The van der Waals surface area contributed by atoms with Crippen molar-refractivity contribution in [3.8, 4) is 11.5 Å². The van der Waals surface area contributed by atoms with E-state index in [4.69, 9.17) is 24.1 Å². The topological polar surface area (TPSA) is 107 Å². The predicted octanol–water partition coefficient (Wildman–Crippen LogP) is 1.40. The Labute approximate surface area is 156 Å². The summed E-state index contributed by atoms with van der Waals surface area (Å²) in [6.07, 6.45) is 0. The van der Waals surface area contributed by atoms with Gasteiger partial charge in [0, 0.05) is 12.9 Å². The molecule has 1 heterocycles. The van der Waals surface area contributed by atoms with Gasteiger partial charge in [-0.1, -0.05) is 0 Å². The first-order valence-electron chi connectivity index (χ1n) is 8.16. The van der Waals surface area contributed by atoms with Crippen LogP contribution in [-0.2, 0) is 19.0 Å². The summed E-state index contributed by atoms with van der Waals surface area (Å²) in [4.78, 5) is 15.1. The number of phenols is 1. The van der Waals surface area contributed by atoms with Crippen LogP contribution in [0.3, 0.4) is 0 Å². The third kappa shape index (κ3) is 6.49. The minimum atomic E-state index is -0.970. The molecule has 9 heteroatoms. The summed E-state index contributed by atoms with van der Waals surface area (Å²) < 4.78 is 21.1. The highest BCUT2D eigenvalue weighted by atomic mass is 32.2. The maximum absolute atomic E-state index is 11.0. The Kier molecular flexibility index (Phi) is 8.69. The lowest BCUT2D eigenvalue weighted by Crippen LogP contribution is -2.17. The molecule has 0 bridgehead atoms. The number of carbonyl (C=O) groups is 1. The van der Waals surface area contributed by atoms with E-state index >= 15 is 0 Å². The molecule has 2 rings (SSSR count). The number of hydrogen-bond acceptors (Lipinski definition) is 8. The molecule has 2 N–H and O–H groups in total. The molecule has 0 aliphatic carbocycles. The van der Waals surface area contributed by atoms with Crippen LogP contribution in [0.4, 0.5) is 0 Å². The van der Waals surface area contributed by atoms with E-state index in [0.717, 1.165) is 0 Å². The standard InChI is InChI=1S/C17H23NO7S/c1-22-4-5-23-6-7-24-8-9-25-12-2-3-15(19)13(10-12)16-18-14(11-26-16)17(20)21/h2-3,10,14,19H,4-9,11H2,1H3,(H,20,21). The molecule has 144 valence electrons. The fourth-order valence-corrected chi connectivity index (χ4v) is 3.16. The highest BCUT2D eigenvalue weighted by Gasteiger charge is 2.26. The van der Waals surface area contributed by atoms with E-state index in [-0.39, 0.29) is 5.75 Å². The Bertz CT molecular complexity index is 623. The zero-order valence-corrected chi connectivity index (χ0v) is 15.4. The number of carboxylic acids is 1. The van der Waals surface area contributed by atoms with Crippen molar-refractivity contribution in [3.05, 3.63) is 23.8 Å². The molecular formula is C17H23NO7S. The summed E-state index contributed by atoms with van der Waals surface area (Å²) in [6, 6.07) is 4.02. The van der Waals surface area contributed by atoms with Crippen molar-refractivity contribution in [2.75, 3.05) is 52.5 Å². The average molecular weight is 385 g/mol. The van der Waals surface area contributed by atoms with Crippen LogP contribution in [0.15, 0.2) is 23.2 Å². The van der Waals surface area contributed by atoms with Crippen LogP contribution in [-0.4, -0.2) is 79.8 Å². The smallest absolute Gasteiger partial charge is 0.329 e. The van der Waals surface area contributed by atoms with Crippen LogP contribution < -0.4 is 4.74 Å². The van der Waals surface area contributed by atoms with Gasteiger partial charge in [0.1, 0.15) is 23.1 Å². The van der Waals surface area contributed by atoms with Gasteiger partial charge in [-0.25, -0.2) is 4.79 Å². The van der Waals surface area contributed by atoms with Crippen molar-refractivity contribution in [3.63, 3.8) is 0 Å². The first-order chi connectivity index (χ1) is 12.6. The van der Waals surface area contributed by atoms with E-state index in [2.05, 4.69) is 4.99 Å². The summed E-state index contributed by atoms with van der Waals surface area (Å²) in [5.74, 6) is -0.0168. The first-order valence-corrected chi connectivity index (χ1v) is 9.14. The van der Waals surface area contributed by atoms with Crippen molar-refractivity contribution in [2.24, 2.45) is 4.99 Å². The second-order valence-electron chi connectivity index (χ2n) is 5.34. The van der Waals surface area contributed by atoms with E-state index in [9.17, 15) is 9.90 Å². The van der Waals surface area contributed by atoms with Gasteiger partial charge >= 0.3 is 5.97 Å². The molecule has 0 spiro atoms. The fourth-order valence-electron chi connectivity index (χ4n) is 2.11. The lowest BCUT2D eigenvalue weighted by Gasteiger charge is -2.10. The van der Waals surface area contributed by atoms with E-state index in [0.29, 0.717) is 61.8 Å². The Morgan fingerprint density at radius 1 is 1.19 bits per heavy atom. The van der Waals surface area contributed by atoms with Crippen LogP contribution in [0, 0.1) is 0 Å². The quantitative estimate of drug-likeness (QED) is 0.520. The van der Waals surface area contributed by atoms with E-state index < -0.39 is 12.0 Å². The van der Waals surface area contributed by atoms with Gasteiger partial charge < -0.3 is 29.2 Å². The number of benzene rings is 1. The summed E-state index contributed by atoms with van der Waals surface area (Å²) >= 11 is 1.30. The Balaban J connectivity index is 1.76. The third-order valence-electron chi connectivity index (χ3n) is 3.43. The molecule has 1 unspecified atom stereocenters. The van der Waals surface area contributed by atoms with E-state index in [1.54, 1.807) is 19.2 Å². The Hall–Kier alpha value is -1.81. The molecule has 0 saturated carbocycles. The molecule has 1 aromatic carbocycles. The second-order valence-corrected chi connectivity index (χ2v) is 6.35. The van der Waals surface area contributed by atoms with E-state index in [1.165, 1.54) is 17.8 Å². The highest BCUT2D eigenvalue weighted by Crippen LogP contribution is 2.31. The number of hydrogen-bond donors (Lipinski definition) is 2. The van der Waals surface area contributed by atoms with Gasteiger partial charge in [0.25, 0.3) is 0 Å². The van der Waals surface area contributed by atoms with Crippen molar-refractivity contribution in [1.82, 2.24) is 0 Å². The molecule has 8 nitrogen and oxygen atoms in total. The van der Waals surface area contributed by atoms with Gasteiger partial charge in [-0.05, 0) is 18.2 Å². The molecule has 1 aromatic rings. The van der Waals surface area contributed by atoms with Gasteiger partial charge in [-0.15, -0.1) is 11.8 Å². The number of carboxylic acid groups (broad SMARTS) is 1. The molecule has 0 saturated heterocycles. The van der Waals surface area contributed by atoms with Crippen molar-refractivity contribution in [2.45, 2.75) is 6.04 Å². The number of nitrogens with zero attached hydrogens (tertiary/aromatic N) is 1.